The van der Waals surface area contributed by atoms with Gasteiger partial charge >= 0.3 is 11.9 Å². The number of aliphatic hydroxyl groups is 2. The summed E-state index contributed by atoms with van der Waals surface area (Å²) in [6.45, 7) is 39.3. The van der Waals surface area contributed by atoms with Crippen molar-refractivity contribution in [3.63, 3.8) is 0 Å². The van der Waals surface area contributed by atoms with E-state index in [1.807, 2.05) is 22.3 Å². The van der Waals surface area contributed by atoms with Gasteiger partial charge in [-0.25, -0.2) is 0 Å². The molecule has 398 valence electrons. The van der Waals surface area contributed by atoms with Crippen LogP contribution in [-0.4, -0.2) is 44.6 Å². The number of hydrogen-bond acceptors (Lipinski definition) is 4. The molecule has 4 fully saturated rings. The highest BCUT2D eigenvalue weighted by Crippen LogP contribution is 2.74. The summed E-state index contributed by atoms with van der Waals surface area (Å²) in [4.78, 5) is 19.3. The van der Waals surface area contributed by atoms with Crippen LogP contribution in [0.2, 0.25) is 0 Å². The predicted molar refractivity (Wildman–Crippen MR) is 290 cm³/mol. The van der Waals surface area contributed by atoms with E-state index >= 15 is 0 Å². The molecule has 4 N–H and O–H groups in total. The molecule has 14 atom stereocenters. The van der Waals surface area contributed by atoms with Gasteiger partial charge in [-0.05, 0) is 235 Å². The van der Waals surface area contributed by atoms with E-state index < -0.39 is 11.9 Å². The SMILES string of the molecule is CC(C)=CCC[C@@H](C)[C@H]1CC[C@@]2(C)C3=C(CC[C@]12C)[C@@]1(C)CC[C@H](O)C(C)(C)[C@@H]1CC3.CC(C)=CCC[C@@H](C)[C@H]1CC[C@@]2(C)C3=C(CC[C@]12C)[C@@]1(C)CC[C@H](O)C(C)(C)[C@@H]1CC3.O=C(O)CCC(=O)O. The van der Waals surface area contributed by atoms with Crippen molar-refractivity contribution in [2.24, 2.45) is 78.8 Å². The molecule has 0 saturated heterocycles. The highest BCUT2D eigenvalue weighted by atomic mass is 16.4. The molecule has 0 aromatic heterocycles. The first-order valence-electron chi connectivity index (χ1n) is 28.9. The standard InChI is InChI=1S/2C30H50O.C4H6O4/c2*1-20(2)10-9-11-21(3)22-14-18-30(8)24-12-13-25-27(4,5)26(31)16-17-28(25,6)23(24)15-19-29(22,30)7;5-3(6)1-2-4(7)8/h2*10,21-22,25-26,31H,9,11-19H2,1-8H3;1-2H2,(H,5,6)(H,7,8)/t2*21-,22-,25+,26+,28-,29-,30+;/m11./s1. The maximum absolute atomic E-state index is 10.8. The van der Waals surface area contributed by atoms with Crippen molar-refractivity contribution in [1.82, 2.24) is 0 Å². The van der Waals surface area contributed by atoms with Crippen molar-refractivity contribution in [2.45, 2.75) is 264 Å². The molecule has 6 nitrogen and oxygen atoms in total. The number of carboxylic acid groups (broad SMARTS) is 2. The first-order valence-corrected chi connectivity index (χ1v) is 28.9. The van der Waals surface area contributed by atoms with E-state index in [2.05, 4.69) is 123 Å². The molecule has 70 heavy (non-hydrogen) atoms. The van der Waals surface area contributed by atoms with E-state index in [1.54, 1.807) is 0 Å². The van der Waals surface area contributed by atoms with Gasteiger partial charge in [0.15, 0.2) is 0 Å². The number of aliphatic hydroxyl groups excluding tert-OH is 2. The fourth-order valence-corrected chi connectivity index (χ4v) is 19.1. The van der Waals surface area contributed by atoms with Crippen LogP contribution in [0.1, 0.15) is 252 Å². The molecule has 0 spiro atoms. The fourth-order valence-electron chi connectivity index (χ4n) is 19.1. The Balaban J connectivity index is 0.000000199. The van der Waals surface area contributed by atoms with Crippen LogP contribution in [0, 0.1) is 78.8 Å². The molecule has 8 aliphatic rings. The van der Waals surface area contributed by atoms with Gasteiger partial charge in [-0.3, -0.25) is 9.59 Å². The molecule has 0 heterocycles. The predicted octanol–water partition coefficient (Wildman–Crippen LogP) is 16.9. The first-order chi connectivity index (χ1) is 32.4. The van der Waals surface area contributed by atoms with Gasteiger partial charge < -0.3 is 20.4 Å². The molecule has 0 unspecified atom stereocenters. The van der Waals surface area contributed by atoms with Crippen LogP contribution in [-0.2, 0) is 9.59 Å². The van der Waals surface area contributed by atoms with E-state index in [0.717, 1.165) is 36.5 Å². The van der Waals surface area contributed by atoms with Gasteiger partial charge in [0, 0.05) is 0 Å². The van der Waals surface area contributed by atoms with Crippen molar-refractivity contribution in [3.8, 4) is 0 Å². The summed E-state index contributed by atoms with van der Waals surface area (Å²) in [5.41, 5.74) is 12.8. The number of allylic oxidation sites excluding steroid dienone is 8. The summed E-state index contributed by atoms with van der Waals surface area (Å²) in [6.07, 6.45) is 29.7. The fraction of sp³-hybridized carbons (Fsp3) is 0.844. The zero-order chi connectivity index (χ0) is 52.2. The highest BCUT2D eigenvalue weighted by Gasteiger charge is 2.65. The Bertz CT molecular complexity index is 1900. The van der Waals surface area contributed by atoms with Crippen molar-refractivity contribution in [1.29, 1.82) is 0 Å². The lowest BCUT2D eigenvalue weighted by molar-refractivity contribution is -0.143. The Kier molecular flexibility index (Phi) is 17.0. The molecule has 0 bridgehead atoms. The normalized spacial score (nSPS) is 40.7. The number of hydrogen-bond donors (Lipinski definition) is 4. The van der Waals surface area contributed by atoms with Crippen LogP contribution in [0.25, 0.3) is 0 Å². The minimum absolute atomic E-state index is 0.0465. The Labute approximate surface area is 428 Å². The summed E-state index contributed by atoms with van der Waals surface area (Å²) in [6, 6.07) is 0. The molecule has 6 heteroatoms. The van der Waals surface area contributed by atoms with Crippen LogP contribution in [0.5, 0.6) is 0 Å². The van der Waals surface area contributed by atoms with Gasteiger partial charge in [-0.15, -0.1) is 0 Å². The van der Waals surface area contributed by atoms with Crippen molar-refractivity contribution in [3.05, 3.63) is 45.6 Å². The third-order valence-corrected chi connectivity index (χ3v) is 23.9. The number of aliphatic carboxylic acids is 2. The third kappa shape index (κ3) is 9.94. The Hall–Kier alpha value is -2.18. The second-order valence-corrected chi connectivity index (χ2v) is 28.4. The Morgan fingerprint density at radius 3 is 1.16 bits per heavy atom. The molecule has 0 amide bonds. The molecule has 0 aromatic carbocycles. The number of carboxylic acids is 2. The molecular formula is C64H106O6. The van der Waals surface area contributed by atoms with Crippen LogP contribution in [0.15, 0.2) is 45.6 Å². The summed E-state index contributed by atoms with van der Waals surface area (Å²) in [5.74, 6) is 2.49. The average molecular weight is 972 g/mol. The summed E-state index contributed by atoms with van der Waals surface area (Å²) in [5, 5.41) is 37.4. The minimum atomic E-state index is -1.08. The van der Waals surface area contributed by atoms with Crippen molar-refractivity contribution in [2.75, 3.05) is 0 Å². The van der Waals surface area contributed by atoms with Crippen LogP contribution < -0.4 is 0 Å². The zero-order valence-corrected chi connectivity index (χ0v) is 47.9. The number of rotatable bonds is 11. The quantitative estimate of drug-likeness (QED) is 0.153. The van der Waals surface area contributed by atoms with E-state index in [-0.39, 0.29) is 35.9 Å². The second-order valence-electron chi connectivity index (χ2n) is 28.4. The monoisotopic (exact) mass is 971 g/mol. The largest absolute Gasteiger partial charge is 0.481 e. The second kappa shape index (κ2) is 20.9. The lowest BCUT2D eigenvalue weighted by Crippen LogP contribution is -2.55. The molecule has 0 radical (unpaired) electrons. The molecule has 4 saturated carbocycles. The molecular weight excluding hydrogens is 865 g/mol. The van der Waals surface area contributed by atoms with E-state index in [0.29, 0.717) is 44.3 Å². The first kappa shape index (κ1) is 57.1. The van der Waals surface area contributed by atoms with E-state index in [4.69, 9.17) is 10.2 Å². The smallest absolute Gasteiger partial charge is 0.303 e. The van der Waals surface area contributed by atoms with Gasteiger partial charge in [0.1, 0.15) is 0 Å². The summed E-state index contributed by atoms with van der Waals surface area (Å²) in [7, 11) is 0. The van der Waals surface area contributed by atoms with Gasteiger partial charge in [0.25, 0.3) is 0 Å². The molecule has 8 rings (SSSR count). The Morgan fingerprint density at radius 1 is 0.500 bits per heavy atom. The maximum atomic E-state index is 10.8. The van der Waals surface area contributed by atoms with Gasteiger partial charge in [0.05, 0.1) is 25.0 Å². The average Bonchev–Trinajstić information content (AvgIpc) is 3.72. The molecule has 0 aliphatic heterocycles. The lowest BCUT2D eigenvalue weighted by Gasteiger charge is -2.62. The lowest BCUT2D eigenvalue weighted by atomic mass is 9.43. The van der Waals surface area contributed by atoms with Crippen molar-refractivity contribution >= 4 is 11.9 Å². The Morgan fingerprint density at radius 2 is 0.843 bits per heavy atom. The topological polar surface area (TPSA) is 115 Å². The summed E-state index contributed by atoms with van der Waals surface area (Å²) < 4.78 is 0. The molecule has 8 aliphatic carbocycles. The minimum Gasteiger partial charge on any atom is -0.481 e. The van der Waals surface area contributed by atoms with Gasteiger partial charge in [-0.2, -0.15) is 0 Å². The van der Waals surface area contributed by atoms with Crippen LogP contribution in [0.4, 0.5) is 0 Å². The zero-order valence-electron chi connectivity index (χ0n) is 47.9. The number of fused-ring (bicyclic) bond motifs is 8. The van der Waals surface area contributed by atoms with Gasteiger partial charge in [0.2, 0.25) is 0 Å². The highest BCUT2D eigenvalue weighted by molar-refractivity contribution is 5.75. The van der Waals surface area contributed by atoms with Gasteiger partial charge in [-0.1, -0.05) is 129 Å². The van der Waals surface area contributed by atoms with Crippen LogP contribution in [0.3, 0.4) is 0 Å². The van der Waals surface area contributed by atoms with E-state index in [9.17, 15) is 19.8 Å². The maximum Gasteiger partial charge on any atom is 0.303 e. The third-order valence-electron chi connectivity index (χ3n) is 23.9. The van der Waals surface area contributed by atoms with E-state index in [1.165, 1.54) is 127 Å². The molecule has 0 aromatic rings. The van der Waals surface area contributed by atoms with Crippen molar-refractivity contribution < 1.29 is 30.0 Å². The van der Waals surface area contributed by atoms with Crippen LogP contribution >= 0.6 is 0 Å². The summed E-state index contributed by atoms with van der Waals surface area (Å²) >= 11 is 0. The number of carbonyl (C=O) groups is 2.